The lowest BCUT2D eigenvalue weighted by molar-refractivity contribution is 0.0473. The predicted molar refractivity (Wildman–Crippen MR) is 101 cm³/mol. The molecule has 0 N–H and O–H groups in total. The molecule has 7 heteroatoms. The Morgan fingerprint density at radius 1 is 1.36 bits per heavy atom. The Morgan fingerprint density at radius 3 is 2.92 bits per heavy atom. The lowest BCUT2D eigenvalue weighted by Crippen LogP contribution is -2.16. The average Bonchev–Trinajstić information content (AvgIpc) is 2.95. The van der Waals surface area contributed by atoms with Crippen LogP contribution in [-0.4, -0.2) is 15.4 Å². The maximum absolute atomic E-state index is 12.3. The molecule has 25 heavy (non-hydrogen) atoms. The molecule has 0 bridgehead atoms. The van der Waals surface area contributed by atoms with Gasteiger partial charge in [0, 0.05) is 21.6 Å². The Labute approximate surface area is 157 Å². The summed E-state index contributed by atoms with van der Waals surface area (Å²) >= 11 is 4.76. The van der Waals surface area contributed by atoms with Crippen molar-refractivity contribution in [1.82, 2.24) is 9.38 Å². The van der Waals surface area contributed by atoms with Crippen molar-refractivity contribution in [3.63, 3.8) is 0 Å². The molecular weight excluding hydrogens is 404 g/mol. The second-order valence-corrected chi connectivity index (χ2v) is 7.85. The molecule has 3 aromatic rings. The zero-order chi connectivity index (χ0) is 18.0. The van der Waals surface area contributed by atoms with E-state index in [1.165, 1.54) is 27.4 Å². The highest BCUT2D eigenvalue weighted by Gasteiger charge is 2.14. The maximum atomic E-state index is 12.3. The number of nitrogens with zero attached hydrogens (tertiary/aromatic N) is 2. The number of fused-ring (bicyclic) bond motifs is 1. The van der Waals surface area contributed by atoms with Gasteiger partial charge in [-0.25, -0.2) is 9.78 Å². The molecule has 0 amide bonds. The molecule has 0 atom stereocenters. The topological polar surface area (TPSA) is 60.7 Å². The molecule has 0 unspecified atom stereocenters. The third-order valence-electron chi connectivity index (χ3n) is 3.77. The van der Waals surface area contributed by atoms with Gasteiger partial charge in [0.1, 0.15) is 17.1 Å². The zero-order valence-corrected chi connectivity index (χ0v) is 16.3. The summed E-state index contributed by atoms with van der Waals surface area (Å²) in [7, 11) is 0. The number of rotatable bonds is 5. The second-order valence-electron chi connectivity index (χ2n) is 5.68. The van der Waals surface area contributed by atoms with Gasteiger partial charge in [0.15, 0.2) is 0 Å². The van der Waals surface area contributed by atoms with Crippen LogP contribution in [0.1, 0.15) is 39.2 Å². The Kier molecular flexibility index (Phi) is 5.34. The summed E-state index contributed by atoms with van der Waals surface area (Å²) in [6.07, 6.45) is 3.64. The van der Waals surface area contributed by atoms with E-state index in [0.717, 1.165) is 22.2 Å². The van der Waals surface area contributed by atoms with Crippen LogP contribution < -0.4 is 5.56 Å². The largest absolute Gasteiger partial charge is 0.455 e. The predicted octanol–water partition coefficient (Wildman–Crippen LogP) is 4.14. The van der Waals surface area contributed by atoms with Crippen molar-refractivity contribution in [3.8, 4) is 0 Å². The van der Waals surface area contributed by atoms with Gasteiger partial charge < -0.3 is 4.74 Å². The molecule has 0 aliphatic rings. The van der Waals surface area contributed by atoms with Gasteiger partial charge in [0.2, 0.25) is 0 Å². The van der Waals surface area contributed by atoms with Crippen LogP contribution in [0.15, 0.2) is 39.7 Å². The van der Waals surface area contributed by atoms with Crippen LogP contribution in [-0.2, 0) is 17.8 Å². The lowest BCUT2D eigenvalue weighted by atomic mass is 10.1. The van der Waals surface area contributed by atoms with Gasteiger partial charge in [0.25, 0.3) is 5.56 Å². The number of carbonyl (C=O) groups is 1. The van der Waals surface area contributed by atoms with Crippen molar-refractivity contribution in [2.45, 2.75) is 33.3 Å². The summed E-state index contributed by atoms with van der Waals surface area (Å²) in [5, 5.41) is 0. The molecule has 0 spiro atoms. The molecule has 0 saturated heterocycles. The average molecular weight is 421 g/mol. The first kappa shape index (κ1) is 17.8. The molecule has 3 heterocycles. The van der Waals surface area contributed by atoms with Crippen molar-refractivity contribution < 1.29 is 9.53 Å². The van der Waals surface area contributed by atoms with E-state index >= 15 is 0 Å². The van der Waals surface area contributed by atoms with Crippen molar-refractivity contribution in [2.75, 3.05) is 0 Å². The van der Waals surface area contributed by atoms with E-state index in [9.17, 15) is 9.59 Å². The van der Waals surface area contributed by atoms with E-state index in [-0.39, 0.29) is 18.1 Å². The molecule has 3 rings (SSSR count). The number of aromatic nitrogens is 2. The summed E-state index contributed by atoms with van der Waals surface area (Å²) in [6, 6.07) is 6.82. The quantitative estimate of drug-likeness (QED) is 0.581. The lowest BCUT2D eigenvalue weighted by Gasteiger charge is -2.05. The summed E-state index contributed by atoms with van der Waals surface area (Å²) in [5.74, 6) is -0.381. The van der Waals surface area contributed by atoms with Gasteiger partial charge in [-0.15, -0.1) is 11.3 Å². The molecule has 0 radical (unpaired) electrons. The Bertz CT molecular complexity index is 994. The van der Waals surface area contributed by atoms with Crippen molar-refractivity contribution in [2.24, 2.45) is 0 Å². The highest BCUT2D eigenvalue weighted by Crippen LogP contribution is 2.23. The number of hydrogen-bond acceptors (Lipinski definition) is 5. The van der Waals surface area contributed by atoms with E-state index < -0.39 is 0 Å². The fraction of sp³-hybridized carbons (Fsp3) is 0.278. The van der Waals surface area contributed by atoms with Crippen LogP contribution in [0.25, 0.3) is 5.65 Å². The molecule has 0 aliphatic heterocycles. The van der Waals surface area contributed by atoms with E-state index in [2.05, 4.69) is 27.8 Å². The number of halogens is 1. The number of ether oxygens (including phenoxy) is 1. The molecule has 0 saturated carbocycles. The molecule has 0 fully saturated rings. The first-order valence-corrected chi connectivity index (χ1v) is 9.53. The molecule has 5 nitrogen and oxygen atoms in total. The van der Waals surface area contributed by atoms with Crippen molar-refractivity contribution >= 4 is 38.9 Å². The Hall–Kier alpha value is -1.99. The fourth-order valence-electron chi connectivity index (χ4n) is 2.55. The molecule has 3 aromatic heterocycles. The van der Waals surface area contributed by atoms with Crippen molar-refractivity contribution in [3.05, 3.63) is 66.3 Å². The number of thiophene rings is 1. The van der Waals surface area contributed by atoms with Crippen LogP contribution in [0.5, 0.6) is 0 Å². The fourth-order valence-corrected chi connectivity index (χ4v) is 3.85. The van der Waals surface area contributed by atoms with Gasteiger partial charge in [-0.05, 0) is 53.0 Å². The summed E-state index contributed by atoms with van der Waals surface area (Å²) in [5.41, 5.74) is 1.92. The van der Waals surface area contributed by atoms with Crippen LogP contribution in [0, 0.1) is 6.92 Å². The molecule has 0 aromatic carbocycles. The number of esters is 1. The standard InChI is InChI=1S/C18H17BrN2O3S/c1-3-4-12-7-15(25-11(12)2)18(23)24-10-14-8-17(22)21-9-13(19)5-6-16(21)20-14/h5-9H,3-4,10H2,1-2H3. The van der Waals surface area contributed by atoms with Gasteiger partial charge in [-0.3, -0.25) is 9.20 Å². The number of pyridine rings is 1. The van der Waals surface area contributed by atoms with E-state index in [1.807, 2.05) is 13.0 Å². The number of hydrogen-bond donors (Lipinski definition) is 0. The minimum absolute atomic E-state index is 0.0271. The molecule has 0 aliphatic carbocycles. The first-order valence-electron chi connectivity index (χ1n) is 7.92. The SMILES string of the molecule is CCCc1cc(C(=O)OCc2cc(=O)n3cc(Br)ccc3n2)sc1C. The number of aryl methyl sites for hydroxylation is 2. The van der Waals surface area contributed by atoms with Crippen molar-refractivity contribution in [1.29, 1.82) is 0 Å². The normalized spacial score (nSPS) is 11.0. The van der Waals surface area contributed by atoms with Gasteiger partial charge >= 0.3 is 5.97 Å². The van der Waals surface area contributed by atoms with Crippen LogP contribution in [0.2, 0.25) is 0 Å². The van der Waals surface area contributed by atoms with Gasteiger partial charge in [-0.2, -0.15) is 0 Å². The zero-order valence-electron chi connectivity index (χ0n) is 13.9. The summed E-state index contributed by atoms with van der Waals surface area (Å²) in [4.78, 5) is 30.5. The third kappa shape index (κ3) is 3.99. The van der Waals surface area contributed by atoms with E-state index in [4.69, 9.17) is 4.74 Å². The van der Waals surface area contributed by atoms with Crippen LogP contribution in [0.3, 0.4) is 0 Å². The first-order chi connectivity index (χ1) is 12.0. The monoisotopic (exact) mass is 420 g/mol. The van der Waals surface area contributed by atoms with Crippen LogP contribution in [0.4, 0.5) is 0 Å². The minimum atomic E-state index is -0.381. The van der Waals surface area contributed by atoms with E-state index in [0.29, 0.717) is 16.2 Å². The van der Waals surface area contributed by atoms with Gasteiger partial charge in [-0.1, -0.05) is 13.3 Å². The summed E-state index contributed by atoms with van der Waals surface area (Å²) < 4.78 is 7.57. The second kappa shape index (κ2) is 7.49. The third-order valence-corrected chi connectivity index (χ3v) is 5.31. The highest BCUT2D eigenvalue weighted by molar-refractivity contribution is 9.10. The Balaban J connectivity index is 1.76. The molecular formula is C18H17BrN2O3S. The Morgan fingerprint density at radius 2 is 2.16 bits per heavy atom. The highest BCUT2D eigenvalue weighted by atomic mass is 79.9. The number of carbonyl (C=O) groups excluding carboxylic acids is 1. The van der Waals surface area contributed by atoms with Gasteiger partial charge in [0.05, 0.1) is 5.69 Å². The maximum Gasteiger partial charge on any atom is 0.348 e. The smallest absolute Gasteiger partial charge is 0.348 e. The summed E-state index contributed by atoms with van der Waals surface area (Å²) in [6.45, 7) is 4.09. The van der Waals surface area contributed by atoms with E-state index in [1.54, 1.807) is 18.3 Å². The van der Waals surface area contributed by atoms with Crippen LogP contribution >= 0.6 is 27.3 Å². The minimum Gasteiger partial charge on any atom is -0.455 e. The molecule has 130 valence electrons.